The van der Waals surface area contributed by atoms with Gasteiger partial charge in [0.05, 0.1) is 24.5 Å². The summed E-state index contributed by atoms with van der Waals surface area (Å²) in [6.07, 6.45) is 0.598. The topological polar surface area (TPSA) is 136 Å². The molecule has 3 rings (SSSR count). The number of aliphatic hydroxyl groups is 1. The molecule has 0 aliphatic rings. The van der Waals surface area contributed by atoms with E-state index in [4.69, 9.17) is 5.11 Å². The molecule has 0 aliphatic heterocycles. The first-order valence-electron chi connectivity index (χ1n) is 10.7. The summed E-state index contributed by atoms with van der Waals surface area (Å²) in [6, 6.07) is 21.2. The molecule has 2 atom stereocenters. The summed E-state index contributed by atoms with van der Waals surface area (Å²) in [6.45, 7) is 0.164. The van der Waals surface area contributed by atoms with E-state index in [1.165, 1.54) is 18.2 Å². The number of carbonyl (C=O) groups is 1. The number of aliphatic carboxylic acids is 1. The molecule has 3 aromatic carbocycles. The van der Waals surface area contributed by atoms with Crippen molar-refractivity contribution >= 4 is 21.7 Å². The Kier molecular flexibility index (Phi) is 8.27. The number of sulfonamides is 1. The molecule has 0 unspecified atom stereocenters. The van der Waals surface area contributed by atoms with Crippen LogP contribution in [0, 0.1) is 0 Å². The van der Waals surface area contributed by atoms with Crippen LogP contribution in [0.15, 0.2) is 72.8 Å². The first kappa shape index (κ1) is 25.2. The highest BCUT2D eigenvalue weighted by atomic mass is 32.2. The maximum absolute atomic E-state index is 11.5. The first-order chi connectivity index (χ1) is 16.1. The Labute approximate surface area is 199 Å². The molecule has 0 spiro atoms. The third-order valence-electron chi connectivity index (χ3n) is 5.28. The lowest BCUT2D eigenvalue weighted by atomic mass is 9.97. The minimum absolute atomic E-state index is 0.00564. The van der Waals surface area contributed by atoms with E-state index in [-0.39, 0.29) is 30.4 Å². The fraction of sp³-hybridized carbons (Fsp3) is 0.240. The molecule has 0 fully saturated rings. The van der Waals surface area contributed by atoms with Gasteiger partial charge in [0, 0.05) is 12.6 Å². The molecule has 5 N–H and O–H groups in total. The van der Waals surface area contributed by atoms with Gasteiger partial charge in [-0.3, -0.25) is 9.52 Å². The molecule has 3 aromatic rings. The molecule has 0 aliphatic carbocycles. The minimum atomic E-state index is -3.59. The number of rotatable bonds is 11. The highest BCUT2D eigenvalue weighted by Crippen LogP contribution is 2.28. The number of hydrogen-bond donors (Lipinski definition) is 5. The molecule has 180 valence electrons. The van der Waals surface area contributed by atoms with E-state index in [0.29, 0.717) is 17.5 Å². The number of anilines is 1. The quantitative estimate of drug-likeness (QED) is 0.264. The average Bonchev–Trinajstić information content (AvgIpc) is 2.78. The standard InChI is InChI=1S/C25H28N2O6S/c1-34(32,33)27-22-15-20(11-12-23(22)28)24(29)16-26-21(13-17-5-3-2-4-6-17)19-9-7-18(8-10-19)14-25(30)31/h2-12,15,21,24,26-29H,13-14,16H2,1H3,(H,30,31)/t21-,24-/m0/s1. The molecule has 0 aromatic heterocycles. The van der Waals surface area contributed by atoms with Crippen LogP contribution in [0.3, 0.4) is 0 Å². The Balaban J connectivity index is 1.77. The van der Waals surface area contributed by atoms with Crippen molar-refractivity contribution in [2.75, 3.05) is 17.5 Å². The van der Waals surface area contributed by atoms with Gasteiger partial charge in [0.2, 0.25) is 10.0 Å². The zero-order valence-electron chi connectivity index (χ0n) is 18.7. The summed E-state index contributed by atoms with van der Waals surface area (Å²) >= 11 is 0. The number of carboxylic acids is 1. The third-order valence-corrected chi connectivity index (χ3v) is 5.87. The van der Waals surface area contributed by atoms with Crippen LogP contribution < -0.4 is 10.0 Å². The number of benzene rings is 3. The number of carboxylic acid groups (broad SMARTS) is 1. The largest absolute Gasteiger partial charge is 0.506 e. The van der Waals surface area contributed by atoms with Gasteiger partial charge >= 0.3 is 5.97 Å². The number of phenolic OH excluding ortho intramolecular Hbond substituents is 1. The van der Waals surface area contributed by atoms with E-state index in [2.05, 4.69) is 10.0 Å². The van der Waals surface area contributed by atoms with E-state index in [0.717, 1.165) is 17.4 Å². The van der Waals surface area contributed by atoms with E-state index < -0.39 is 22.1 Å². The van der Waals surface area contributed by atoms with Gasteiger partial charge in [0.1, 0.15) is 5.75 Å². The zero-order chi connectivity index (χ0) is 24.7. The van der Waals surface area contributed by atoms with Crippen molar-refractivity contribution in [3.8, 4) is 5.75 Å². The Hall–Kier alpha value is -3.40. The predicted molar refractivity (Wildman–Crippen MR) is 130 cm³/mol. The van der Waals surface area contributed by atoms with Crippen molar-refractivity contribution < 1.29 is 28.5 Å². The van der Waals surface area contributed by atoms with Gasteiger partial charge in [0.25, 0.3) is 0 Å². The van der Waals surface area contributed by atoms with E-state index in [9.17, 15) is 23.4 Å². The molecule has 9 heteroatoms. The van der Waals surface area contributed by atoms with Crippen molar-refractivity contribution in [2.45, 2.75) is 25.0 Å². The molecule has 0 bridgehead atoms. The molecule has 0 radical (unpaired) electrons. The fourth-order valence-corrected chi connectivity index (χ4v) is 4.18. The van der Waals surface area contributed by atoms with Crippen LogP contribution >= 0.6 is 0 Å². The second-order valence-corrected chi connectivity index (χ2v) is 9.88. The van der Waals surface area contributed by atoms with Crippen LogP contribution in [0.2, 0.25) is 0 Å². The van der Waals surface area contributed by atoms with E-state index >= 15 is 0 Å². The molecule has 0 saturated heterocycles. The Morgan fingerprint density at radius 3 is 2.21 bits per heavy atom. The van der Waals surface area contributed by atoms with Crippen LogP contribution in [-0.4, -0.2) is 42.5 Å². The van der Waals surface area contributed by atoms with Crippen LogP contribution in [0.4, 0.5) is 5.69 Å². The maximum atomic E-state index is 11.5. The zero-order valence-corrected chi connectivity index (χ0v) is 19.5. The Morgan fingerprint density at radius 1 is 0.941 bits per heavy atom. The van der Waals surface area contributed by atoms with Crippen LogP contribution in [-0.2, 0) is 27.7 Å². The van der Waals surface area contributed by atoms with Gasteiger partial charge in [-0.1, -0.05) is 60.7 Å². The van der Waals surface area contributed by atoms with Crippen molar-refractivity contribution in [3.05, 3.63) is 95.1 Å². The summed E-state index contributed by atoms with van der Waals surface area (Å²) in [5.41, 5.74) is 3.16. The van der Waals surface area contributed by atoms with Crippen LogP contribution in [0.1, 0.15) is 34.4 Å². The molecule has 0 saturated carbocycles. The van der Waals surface area contributed by atoms with Crippen LogP contribution in [0.5, 0.6) is 5.75 Å². The second-order valence-electron chi connectivity index (χ2n) is 8.13. The highest BCUT2D eigenvalue weighted by Gasteiger charge is 2.17. The maximum Gasteiger partial charge on any atom is 0.307 e. The number of aromatic hydroxyl groups is 1. The highest BCUT2D eigenvalue weighted by molar-refractivity contribution is 7.92. The van der Waals surface area contributed by atoms with Crippen molar-refractivity contribution in [1.82, 2.24) is 5.32 Å². The van der Waals surface area contributed by atoms with Crippen LogP contribution in [0.25, 0.3) is 0 Å². The fourth-order valence-electron chi connectivity index (χ4n) is 3.61. The molecule has 8 nitrogen and oxygen atoms in total. The van der Waals surface area contributed by atoms with Gasteiger partial charge in [-0.25, -0.2) is 8.42 Å². The van der Waals surface area contributed by atoms with Crippen molar-refractivity contribution in [2.24, 2.45) is 0 Å². The second kappa shape index (κ2) is 11.1. The number of aliphatic hydroxyl groups excluding tert-OH is 1. The average molecular weight is 485 g/mol. The SMILES string of the molecule is CS(=O)(=O)Nc1cc([C@@H](O)CN[C@@H](Cc2ccccc2)c2ccc(CC(=O)O)cc2)ccc1O. The predicted octanol–water partition coefficient (Wildman–Crippen LogP) is 3.00. The minimum Gasteiger partial charge on any atom is -0.506 e. The van der Waals surface area contributed by atoms with E-state index in [1.807, 2.05) is 42.5 Å². The van der Waals surface area contributed by atoms with Gasteiger partial charge in [0.15, 0.2) is 0 Å². The number of hydrogen-bond acceptors (Lipinski definition) is 6. The van der Waals surface area contributed by atoms with Gasteiger partial charge in [-0.15, -0.1) is 0 Å². The molecular weight excluding hydrogens is 456 g/mol. The van der Waals surface area contributed by atoms with Gasteiger partial charge in [-0.2, -0.15) is 0 Å². The number of nitrogens with one attached hydrogen (secondary N) is 2. The Bertz CT molecular complexity index is 1210. The first-order valence-corrected chi connectivity index (χ1v) is 12.6. The monoisotopic (exact) mass is 484 g/mol. The van der Waals surface area contributed by atoms with Crippen molar-refractivity contribution in [1.29, 1.82) is 0 Å². The van der Waals surface area contributed by atoms with Crippen molar-refractivity contribution in [3.63, 3.8) is 0 Å². The normalized spacial score (nSPS) is 13.2. The number of phenols is 1. The lowest BCUT2D eigenvalue weighted by Crippen LogP contribution is -2.28. The summed E-state index contributed by atoms with van der Waals surface area (Å²) < 4.78 is 25.3. The molecular formula is C25H28N2O6S. The lowest BCUT2D eigenvalue weighted by Gasteiger charge is -2.22. The molecule has 0 amide bonds. The molecule has 34 heavy (non-hydrogen) atoms. The summed E-state index contributed by atoms with van der Waals surface area (Å²) in [4.78, 5) is 11.0. The van der Waals surface area contributed by atoms with Gasteiger partial charge in [-0.05, 0) is 40.8 Å². The summed E-state index contributed by atoms with van der Waals surface area (Å²) in [5, 5.41) is 33.0. The molecule has 0 heterocycles. The lowest BCUT2D eigenvalue weighted by molar-refractivity contribution is -0.136. The van der Waals surface area contributed by atoms with E-state index in [1.54, 1.807) is 12.1 Å². The summed E-state index contributed by atoms with van der Waals surface area (Å²) in [7, 11) is -3.59. The van der Waals surface area contributed by atoms with Gasteiger partial charge < -0.3 is 20.6 Å². The third kappa shape index (κ3) is 7.58. The Morgan fingerprint density at radius 2 is 1.59 bits per heavy atom. The summed E-state index contributed by atoms with van der Waals surface area (Å²) in [5.74, 6) is -1.13. The smallest absolute Gasteiger partial charge is 0.307 e.